The lowest BCUT2D eigenvalue weighted by Gasteiger charge is -2.31. The SMILES string of the molecule is CCC1(CNC(=O)C2CNc3ccccc3N2)CCCC1. The molecule has 2 aliphatic rings. The first-order valence-corrected chi connectivity index (χ1v) is 8.10. The van der Waals surface area contributed by atoms with Crippen LogP contribution in [0.25, 0.3) is 0 Å². The highest BCUT2D eigenvalue weighted by molar-refractivity contribution is 5.88. The molecule has 114 valence electrons. The molecule has 1 aliphatic heterocycles. The molecule has 1 unspecified atom stereocenters. The largest absolute Gasteiger partial charge is 0.381 e. The van der Waals surface area contributed by atoms with Gasteiger partial charge in [0.15, 0.2) is 0 Å². The number of para-hydroxylation sites is 2. The van der Waals surface area contributed by atoms with Gasteiger partial charge in [0.2, 0.25) is 5.91 Å². The van der Waals surface area contributed by atoms with Crippen molar-refractivity contribution in [2.75, 3.05) is 23.7 Å². The Balaban J connectivity index is 1.57. The second-order valence-corrected chi connectivity index (χ2v) is 6.40. The summed E-state index contributed by atoms with van der Waals surface area (Å²) < 4.78 is 0. The number of carbonyl (C=O) groups excluding carboxylic acids is 1. The molecular weight excluding hydrogens is 262 g/mol. The Labute approximate surface area is 126 Å². The molecule has 1 saturated carbocycles. The molecule has 0 radical (unpaired) electrons. The van der Waals surface area contributed by atoms with Crippen LogP contribution in [-0.2, 0) is 4.79 Å². The molecule has 1 heterocycles. The van der Waals surface area contributed by atoms with Crippen LogP contribution in [0, 0.1) is 5.41 Å². The van der Waals surface area contributed by atoms with Crippen molar-refractivity contribution in [3.05, 3.63) is 24.3 Å². The Kier molecular flexibility index (Phi) is 4.04. The van der Waals surface area contributed by atoms with Gasteiger partial charge in [-0.25, -0.2) is 0 Å². The van der Waals surface area contributed by atoms with Crippen LogP contribution in [0.5, 0.6) is 0 Å². The molecule has 1 atom stereocenters. The van der Waals surface area contributed by atoms with Crippen LogP contribution >= 0.6 is 0 Å². The van der Waals surface area contributed by atoms with E-state index in [1.807, 2.05) is 24.3 Å². The fourth-order valence-corrected chi connectivity index (χ4v) is 3.55. The van der Waals surface area contributed by atoms with Crippen molar-refractivity contribution in [3.63, 3.8) is 0 Å². The lowest BCUT2D eigenvalue weighted by molar-refractivity contribution is -0.122. The van der Waals surface area contributed by atoms with Gasteiger partial charge in [0.05, 0.1) is 11.4 Å². The van der Waals surface area contributed by atoms with Crippen LogP contribution in [0.2, 0.25) is 0 Å². The van der Waals surface area contributed by atoms with Crippen molar-refractivity contribution in [1.82, 2.24) is 5.32 Å². The summed E-state index contributed by atoms with van der Waals surface area (Å²) >= 11 is 0. The average molecular weight is 287 g/mol. The third-order valence-electron chi connectivity index (χ3n) is 5.12. The van der Waals surface area contributed by atoms with E-state index in [1.165, 1.54) is 25.7 Å². The van der Waals surface area contributed by atoms with Gasteiger partial charge in [0.1, 0.15) is 6.04 Å². The molecule has 3 N–H and O–H groups in total. The molecule has 3 rings (SSSR count). The van der Waals surface area contributed by atoms with Crippen LogP contribution < -0.4 is 16.0 Å². The summed E-state index contributed by atoms with van der Waals surface area (Å²) in [6, 6.07) is 7.83. The molecule has 0 aromatic heterocycles. The lowest BCUT2D eigenvalue weighted by atomic mass is 9.83. The number of nitrogens with one attached hydrogen (secondary N) is 3. The van der Waals surface area contributed by atoms with Crippen LogP contribution in [0.15, 0.2) is 24.3 Å². The summed E-state index contributed by atoms with van der Waals surface area (Å²) in [5.41, 5.74) is 2.42. The maximum Gasteiger partial charge on any atom is 0.244 e. The van der Waals surface area contributed by atoms with Gasteiger partial charge in [-0.15, -0.1) is 0 Å². The molecule has 1 aliphatic carbocycles. The van der Waals surface area contributed by atoms with E-state index in [9.17, 15) is 4.79 Å². The molecule has 1 fully saturated rings. The minimum absolute atomic E-state index is 0.108. The summed E-state index contributed by atoms with van der Waals surface area (Å²) in [6.07, 6.45) is 6.28. The van der Waals surface area contributed by atoms with E-state index < -0.39 is 0 Å². The molecular formula is C17H25N3O. The third-order valence-corrected chi connectivity index (χ3v) is 5.12. The highest BCUT2D eigenvalue weighted by Gasteiger charge is 2.33. The summed E-state index contributed by atoms with van der Waals surface area (Å²) in [5.74, 6) is 0.108. The molecule has 0 spiro atoms. The highest BCUT2D eigenvalue weighted by atomic mass is 16.2. The fourth-order valence-electron chi connectivity index (χ4n) is 3.55. The zero-order chi connectivity index (χ0) is 14.7. The normalized spacial score (nSPS) is 22.8. The number of benzene rings is 1. The monoisotopic (exact) mass is 287 g/mol. The molecule has 1 aromatic carbocycles. The average Bonchev–Trinajstić information content (AvgIpc) is 3.01. The molecule has 4 heteroatoms. The number of amides is 1. The molecule has 1 amide bonds. The fraction of sp³-hybridized carbons (Fsp3) is 0.588. The number of hydrogen-bond acceptors (Lipinski definition) is 3. The minimum Gasteiger partial charge on any atom is -0.381 e. The van der Waals surface area contributed by atoms with E-state index in [2.05, 4.69) is 22.9 Å². The first-order chi connectivity index (χ1) is 10.2. The van der Waals surface area contributed by atoms with Gasteiger partial charge in [0.25, 0.3) is 0 Å². The highest BCUT2D eigenvalue weighted by Crippen LogP contribution is 2.40. The second-order valence-electron chi connectivity index (χ2n) is 6.40. The lowest BCUT2D eigenvalue weighted by Crippen LogP contribution is -2.48. The van der Waals surface area contributed by atoms with Gasteiger partial charge in [-0.2, -0.15) is 0 Å². The van der Waals surface area contributed by atoms with Crippen LogP contribution in [0.4, 0.5) is 11.4 Å². The summed E-state index contributed by atoms with van der Waals surface area (Å²) in [5, 5.41) is 9.83. The topological polar surface area (TPSA) is 53.2 Å². The predicted octanol–water partition coefficient (Wildman–Crippen LogP) is 2.98. The Morgan fingerprint density at radius 1 is 1.29 bits per heavy atom. The van der Waals surface area contributed by atoms with Gasteiger partial charge in [-0.05, 0) is 36.8 Å². The third kappa shape index (κ3) is 2.99. The quantitative estimate of drug-likeness (QED) is 0.798. The van der Waals surface area contributed by atoms with Crippen LogP contribution in [0.1, 0.15) is 39.0 Å². The molecule has 0 bridgehead atoms. The number of anilines is 2. The Morgan fingerprint density at radius 2 is 2.00 bits per heavy atom. The smallest absolute Gasteiger partial charge is 0.244 e. The van der Waals surface area contributed by atoms with Crippen LogP contribution in [0.3, 0.4) is 0 Å². The minimum atomic E-state index is -0.185. The van der Waals surface area contributed by atoms with E-state index in [0.29, 0.717) is 12.0 Å². The summed E-state index contributed by atoms with van der Waals surface area (Å²) in [4.78, 5) is 12.4. The van der Waals surface area contributed by atoms with Gasteiger partial charge in [-0.1, -0.05) is 31.9 Å². The zero-order valence-electron chi connectivity index (χ0n) is 12.7. The van der Waals surface area contributed by atoms with Crippen molar-refractivity contribution in [3.8, 4) is 0 Å². The Bertz CT molecular complexity index is 509. The zero-order valence-corrected chi connectivity index (χ0v) is 12.7. The van der Waals surface area contributed by atoms with Crippen molar-refractivity contribution in [1.29, 1.82) is 0 Å². The van der Waals surface area contributed by atoms with E-state index in [1.54, 1.807) is 0 Å². The molecule has 21 heavy (non-hydrogen) atoms. The van der Waals surface area contributed by atoms with Gasteiger partial charge in [0, 0.05) is 13.1 Å². The van der Waals surface area contributed by atoms with Gasteiger partial charge < -0.3 is 16.0 Å². The van der Waals surface area contributed by atoms with E-state index in [-0.39, 0.29) is 11.9 Å². The van der Waals surface area contributed by atoms with E-state index in [4.69, 9.17) is 0 Å². The van der Waals surface area contributed by atoms with Crippen molar-refractivity contribution < 1.29 is 4.79 Å². The van der Waals surface area contributed by atoms with Crippen LogP contribution in [-0.4, -0.2) is 25.0 Å². The van der Waals surface area contributed by atoms with Crippen molar-refractivity contribution in [2.24, 2.45) is 5.41 Å². The number of fused-ring (bicyclic) bond motifs is 1. The number of hydrogen-bond donors (Lipinski definition) is 3. The number of rotatable bonds is 4. The first kappa shape index (κ1) is 14.2. The maximum absolute atomic E-state index is 12.4. The maximum atomic E-state index is 12.4. The predicted molar refractivity (Wildman–Crippen MR) is 86.5 cm³/mol. The Morgan fingerprint density at radius 3 is 2.71 bits per heavy atom. The van der Waals surface area contributed by atoms with Crippen molar-refractivity contribution >= 4 is 17.3 Å². The van der Waals surface area contributed by atoms with E-state index >= 15 is 0 Å². The summed E-state index contributed by atoms with van der Waals surface area (Å²) in [7, 11) is 0. The molecule has 1 aromatic rings. The molecule has 4 nitrogen and oxygen atoms in total. The van der Waals surface area contributed by atoms with E-state index in [0.717, 1.165) is 24.3 Å². The standard InChI is InChI=1S/C17H25N3O/c1-2-17(9-5-6-10-17)12-19-16(21)15-11-18-13-7-3-4-8-14(13)20-15/h3-4,7-8,15,18,20H,2,5-6,9-12H2,1H3,(H,19,21). The Hall–Kier alpha value is -1.71. The first-order valence-electron chi connectivity index (χ1n) is 8.10. The summed E-state index contributed by atoms with van der Waals surface area (Å²) in [6.45, 7) is 3.71. The molecule has 0 saturated heterocycles. The van der Waals surface area contributed by atoms with Gasteiger partial charge >= 0.3 is 0 Å². The van der Waals surface area contributed by atoms with Crippen molar-refractivity contribution in [2.45, 2.75) is 45.1 Å². The number of carbonyl (C=O) groups is 1. The second kappa shape index (κ2) is 5.96. The van der Waals surface area contributed by atoms with Gasteiger partial charge in [-0.3, -0.25) is 4.79 Å².